The number of nitrogens with one attached hydrogen (secondary N) is 1. The van der Waals surface area contributed by atoms with Crippen molar-refractivity contribution in [2.45, 2.75) is 12.8 Å². The van der Waals surface area contributed by atoms with Crippen LogP contribution in [0, 0.1) is 0 Å². The van der Waals surface area contributed by atoms with E-state index in [0.29, 0.717) is 25.9 Å². The minimum atomic E-state index is -0.105. The summed E-state index contributed by atoms with van der Waals surface area (Å²) in [7, 11) is 1.63. The molecule has 3 rings (SSSR count). The number of piperazine rings is 1. The maximum atomic E-state index is 12.4. The smallest absolute Gasteiger partial charge is 0.242 e. The molecule has 1 saturated heterocycles. The van der Waals surface area contributed by atoms with Crippen molar-refractivity contribution in [3.05, 3.63) is 60.2 Å². The third-order valence-corrected chi connectivity index (χ3v) is 4.99. The van der Waals surface area contributed by atoms with Crippen LogP contribution in [0.25, 0.3) is 0 Å². The molecule has 1 N–H and O–H groups in total. The third kappa shape index (κ3) is 5.49. The summed E-state index contributed by atoms with van der Waals surface area (Å²) in [5.41, 5.74) is 2.25. The first-order chi connectivity index (χ1) is 13.7. The fourth-order valence-corrected chi connectivity index (χ4v) is 3.28. The first kappa shape index (κ1) is 19.7. The Morgan fingerprint density at radius 3 is 2.29 bits per heavy atom. The van der Waals surface area contributed by atoms with Crippen molar-refractivity contribution in [1.29, 1.82) is 0 Å². The van der Waals surface area contributed by atoms with Gasteiger partial charge in [-0.2, -0.15) is 0 Å². The van der Waals surface area contributed by atoms with Crippen LogP contribution < -0.4 is 15.0 Å². The van der Waals surface area contributed by atoms with Gasteiger partial charge in [-0.15, -0.1) is 0 Å². The predicted molar refractivity (Wildman–Crippen MR) is 110 cm³/mol. The Hall–Kier alpha value is -3.02. The number of nitrogens with zero attached hydrogens (tertiary/aromatic N) is 2. The molecule has 6 nitrogen and oxygen atoms in total. The molecule has 0 aromatic heterocycles. The minimum absolute atomic E-state index is 0.0227. The van der Waals surface area contributed by atoms with E-state index in [1.54, 1.807) is 7.11 Å². The highest BCUT2D eigenvalue weighted by Crippen LogP contribution is 2.15. The number of para-hydroxylation sites is 1. The van der Waals surface area contributed by atoms with Gasteiger partial charge in [-0.3, -0.25) is 9.59 Å². The van der Waals surface area contributed by atoms with Gasteiger partial charge in [0.1, 0.15) is 5.75 Å². The van der Waals surface area contributed by atoms with Crippen molar-refractivity contribution in [2.24, 2.45) is 0 Å². The lowest BCUT2D eigenvalue weighted by Crippen LogP contribution is -2.51. The van der Waals surface area contributed by atoms with Gasteiger partial charge in [0.15, 0.2) is 0 Å². The predicted octanol–water partition coefficient (Wildman–Crippen LogP) is 2.09. The number of rotatable bonds is 7. The van der Waals surface area contributed by atoms with E-state index < -0.39 is 0 Å². The lowest BCUT2D eigenvalue weighted by molar-refractivity contribution is -0.133. The number of ether oxygens (including phenoxy) is 1. The van der Waals surface area contributed by atoms with E-state index in [-0.39, 0.29) is 18.4 Å². The molecule has 0 aliphatic carbocycles. The zero-order valence-corrected chi connectivity index (χ0v) is 16.3. The molecular formula is C22H27N3O3. The fraction of sp³-hybridized carbons (Fsp3) is 0.364. The van der Waals surface area contributed by atoms with Gasteiger partial charge in [-0.25, -0.2) is 0 Å². The summed E-state index contributed by atoms with van der Waals surface area (Å²) in [5.74, 6) is 0.670. The topological polar surface area (TPSA) is 61.9 Å². The van der Waals surface area contributed by atoms with Crippen LogP contribution in [0.3, 0.4) is 0 Å². The van der Waals surface area contributed by atoms with Crippen molar-refractivity contribution >= 4 is 17.5 Å². The van der Waals surface area contributed by atoms with Crippen molar-refractivity contribution in [2.75, 3.05) is 44.7 Å². The Balaban J connectivity index is 1.36. The fourth-order valence-electron chi connectivity index (χ4n) is 3.28. The Kier molecular flexibility index (Phi) is 6.89. The summed E-state index contributed by atoms with van der Waals surface area (Å²) >= 11 is 0. The highest BCUT2D eigenvalue weighted by Gasteiger charge is 2.21. The first-order valence-corrected chi connectivity index (χ1v) is 9.63. The molecule has 6 heteroatoms. The van der Waals surface area contributed by atoms with Crippen LogP contribution in [0.5, 0.6) is 5.75 Å². The van der Waals surface area contributed by atoms with Gasteiger partial charge < -0.3 is 19.9 Å². The summed E-state index contributed by atoms with van der Waals surface area (Å²) in [5, 5.41) is 2.75. The van der Waals surface area contributed by atoms with Gasteiger partial charge in [-0.05, 0) is 36.2 Å². The maximum Gasteiger partial charge on any atom is 0.242 e. The number of hydrogen-bond acceptors (Lipinski definition) is 4. The summed E-state index contributed by atoms with van der Waals surface area (Å²) in [4.78, 5) is 28.5. The van der Waals surface area contributed by atoms with Gasteiger partial charge in [0, 0.05) is 38.3 Å². The standard InChI is InChI=1S/C22H27N3O3/c1-28-20-10-7-18(8-11-20)9-12-21(26)23-17-22(27)25-15-13-24(14-16-25)19-5-3-2-4-6-19/h2-8,10-11H,9,12-17H2,1H3,(H,23,26). The first-order valence-electron chi connectivity index (χ1n) is 9.63. The van der Waals surface area contributed by atoms with E-state index >= 15 is 0 Å². The SMILES string of the molecule is COc1ccc(CCC(=O)NCC(=O)N2CCN(c3ccccc3)CC2)cc1. The number of amides is 2. The molecule has 1 fully saturated rings. The Morgan fingerprint density at radius 1 is 0.964 bits per heavy atom. The van der Waals surface area contributed by atoms with Crippen LogP contribution in [0.1, 0.15) is 12.0 Å². The summed E-state index contributed by atoms with van der Waals surface area (Å²) < 4.78 is 5.12. The number of methoxy groups -OCH3 is 1. The molecule has 148 valence electrons. The molecule has 0 spiro atoms. The number of benzene rings is 2. The Morgan fingerprint density at radius 2 is 1.64 bits per heavy atom. The largest absolute Gasteiger partial charge is 0.497 e. The molecule has 1 aliphatic heterocycles. The third-order valence-electron chi connectivity index (χ3n) is 4.99. The quantitative estimate of drug-likeness (QED) is 0.798. The van der Waals surface area contributed by atoms with Gasteiger partial charge in [0.25, 0.3) is 0 Å². The van der Waals surface area contributed by atoms with Crippen molar-refractivity contribution in [3.8, 4) is 5.75 Å². The van der Waals surface area contributed by atoms with Gasteiger partial charge >= 0.3 is 0 Å². The maximum absolute atomic E-state index is 12.4. The monoisotopic (exact) mass is 381 g/mol. The highest BCUT2D eigenvalue weighted by atomic mass is 16.5. The van der Waals surface area contributed by atoms with E-state index in [4.69, 9.17) is 4.74 Å². The van der Waals surface area contributed by atoms with Gasteiger partial charge in [-0.1, -0.05) is 30.3 Å². The number of carbonyl (C=O) groups is 2. The Bertz CT molecular complexity index is 769. The lowest BCUT2D eigenvalue weighted by Gasteiger charge is -2.36. The molecule has 0 unspecified atom stereocenters. The second-order valence-electron chi connectivity index (χ2n) is 6.83. The molecule has 2 aromatic carbocycles. The second kappa shape index (κ2) is 9.78. The molecule has 0 atom stereocenters. The normalized spacial score (nSPS) is 13.9. The van der Waals surface area contributed by atoms with E-state index in [9.17, 15) is 9.59 Å². The average molecular weight is 381 g/mol. The van der Waals surface area contributed by atoms with Gasteiger partial charge in [0.05, 0.1) is 13.7 Å². The molecule has 2 aromatic rings. The van der Waals surface area contributed by atoms with Crippen molar-refractivity contribution in [1.82, 2.24) is 10.2 Å². The Labute approximate surface area is 166 Å². The van der Waals surface area contributed by atoms with E-state index in [1.165, 1.54) is 5.69 Å². The molecule has 1 heterocycles. The van der Waals surface area contributed by atoms with E-state index in [0.717, 1.165) is 24.4 Å². The average Bonchev–Trinajstić information content (AvgIpc) is 2.77. The molecule has 0 saturated carbocycles. The highest BCUT2D eigenvalue weighted by molar-refractivity contribution is 5.85. The zero-order valence-electron chi connectivity index (χ0n) is 16.3. The zero-order chi connectivity index (χ0) is 19.8. The minimum Gasteiger partial charge on any atom is -0.497 e. The molecule has 1 aliphatic rings. The number of hydrogen-bond donors (Lipinski definition) is 1. The van der Waals surface area contributed by atoms with Crippen LogP contribution >= 0.6 is 0 Å². The van der Waals surface area contributed by atoms with Gasteiger partial charge in [0.2, 0.25) is 11.8 Å². The molecule has 2 amide bonds. The molecular weight excluding hydrogens is 354 g/mol. The summed E-state index contributed by atoms with van der Waals surface area (Å²) in [6.45, 7) is 3.03. The van der Waals surface area contributed by atoms with E-state index in [1.807, 2.05) is 47.4 Å². The number of aryl methyl sites for hydroxylation is 1. The van der Waals surface area contributed by atoms with Crippen LogP contribution in [0.15, 0.2) is 54.6 Å². The van der Waals surface area contributed by atoms with Crippen LogP contribution in [0.4, 0.5) is 5.69 Å². The molecule has 0 radical (unpaired) electrons. The molecule has 28 heavy (non-hydrogen) atoms. The van der Waals surface area contributed by atoms with Crippen molar-refractivity contribution < 1.29 is 14.3 Å². The number of carbonyl (C=O) groups excluding carboxylic acids is 2. The summed E-state index contributed by atoms with van der Waals surface area (Å²) in [6.07, 6.45) is 1.00. The van der Waals surface area contributed by atoms with Crippen LogP contribution in [-0.2, 0) is 16.0 Å². The second-order valence-corrected chi connectivity index (χ2v) is 6.83. The van der Waals surface area contributed by atoms with E-state index in [2.05, 4.69) is 22.3 Å². The number of anilines is 1. The van der Waals surface area contributed by atoms with Crippen molar-refractivity contribution in [3.63, 3.8) is 0 Å². The summed E-state index contributed by atoms with van der Waals surface area (Å²) in [6, 6.07) is 17.9. The van der Waals surface area contributed by atoms with Crippen LogP contribution in [0.2, 0.25) is 0 Å². The van der Waals surface area contributed by atoms with Crippen LogP contribution in [-0.4, -0.2) is 56.5 Å². The lowest BCUT2D eigenvalue weighted by atomic mass is 10.1. The molecule has 0 bridgehead atoms.